The molecule has 0 radical (unpaired) electrons. The third kappa shape index (κ3) is 4.17. The Balaban J connectivity index is 1.60. The number of rotatable bonds is 6. The average Bonchev–Trinajstić information content (AvgIpc) is 3.08. The fraction of sp³-hybridized carbons (Fsp3) is 0.235. The summed E-state index contributed by atoms with van der Waals surface area (Å²) >= 11 is 0. The fourth-order valence-corrected chi connectivity index (χ4v) is 2.37. The van der Waals surface area contributed by atoms with Crippen LogP contribution in [0.2, 0.25) is 0 Å². The third-order valence-electron chi connectivity index (χ3n) is 3.78. The first kappa shape index (κ1) is 16.6. The number of nitrogens with zero attached hydrogens (tertiary/aromatic N) is 5. The van der Waals surface area contributed by atoms with Crippen LogP contribution < -0.4 is 10.9 Å². The SMILES string of the molecule is Cn1nc(C(=O)NCc2nncn2CCc2ccccc2)ccc1=O. The van der Waals surface area contributed by atoms with Crippen LogP contribution in [0.5, 0.6) is 0 Å². The van der Waals surface area contributed by atoms with E-state index in [1.165, 1.54) is 24.7 Å². The summed E-state index contributed by atoms with van der Waals surface area (Å²) < 4.78 is 3.03. The number of nitrogens with one attached hydrogen (secondary N) is 1. The molecule has 8 heteroatoms. The molecule has 1 aromatic carbocycles. The van der Waals surface area contributed by atoms with E-state index < -0.39 is 0 Å². The number of aryl methyl sites for hydroxylation is 3. The first-order valence-corrected chi connectivity index (χ1v) is 7.86. The molecule has 0 aliphatic heterocycles. The van der Waals surface area contributed by atoms with E-state index in [2.05, 4.69) is 32.7 Å². The number of hydrogen-bond donors (Lipinski definition) is 1. The first-order valence-electron chi connectivity index (χ1n) is 7.86. The molecule has 0 fully saturated rings. The van der Waals surface area contributed by atoms with E-state index in [0.717, 1.165) is 17.6 Å². The molecule has 0 atom stereocenters. The zero-order valence-electron chi connectivity index (χ0n) is 13.8. The maximum Gasteiger partial charge on any atom is 0.272 e. The van der Waals surface area contributed by atoms with Crippen molar-refractivity contribution in [3.05, 3.63) is 76.2 Å². The Kier molecular flexibility index (Phi) is 4.98. The lowest BCUT2D eigenvalue weighted by molar-refractivity contribution is 0.0942. The van der Waals surface area contributed by atoms with Gasteiger partial charge in [0.25, 0.3) is 11.5 Å². The van der Waals surface area contributed by atoms with Crippen LogP contribution in [0.3, 0.4) is 0 Å². The van der Waals surface area contributed by atoms with Crippen LogP contribution >= 0.6 is 0 Å². The second kappa shape index (κ2) is 7.52. The van der Waals surface area contributed by atoms with E-state index in [1.807, 2.05) is 22.8 Å². The summed E-state index contributed by atoms with van der Waals surface area (Å²) in [5.41, 5.74) is 1.13. The predicted molar refractivity (Wildman–Crippen MR) is 90.8 cm³/mol. The van der Waals surface area contributed by atoms with Gasteiger partial charge in [-0.3, -0.25) is 9.59 Å². The van der Waals surface area contributed by atoms with Gasteiger partial charge in [-0.15, -0.1) is 10.2 Å². The van der Waals surface area contributed by atoms with Gasteiger partial charge in [0.1, 0.15) is 12.0 Å². The van der Waals surface area contributed by atoms with Crippen molar-refractivity contribution in [2.75, 3.05) is 0 Å². The lowest BCUT2D eigenvalue weighted by Gasteiger charge is -2.08. The molecule has 0 saturated heterocycles. The van der Waals surface area contributed by atoms with Crippen molar-refractivity contribution in [3.63, 3.8) is 0 Å². The molecule has 1 N–H and O–H groups in total. The zero-order valence-corrected chi connectivity index (χ0v) is 13.8. The minimum Gasteiger partial charge on any atom is -0.343 e. The maximum absolute atomic E-state index is 12.1. The molecule has 3 aromatic rings. The smallest absolute Gasteiger partial charge is 0.272 e. The fourth-order valence-electron chi connectivity index (χ4n) is 2.37. The molecule has 0 aliphatic carbocycles. The molecule has 3 rings (SSSR count). The van der Waals surface area contributed by atoms with Gasteiger partial charge in [-0.05, 0) is 18.1 Å². The Labute approximate surface area is 144 Å². The second-order valence-corrected chi connectivity index (χ2v) is 5.54. The van der Waals surface area contributed by atoms with Gasteiger partial charge in [-0.25, -0.2) is 4.68 Å². The highest BCUT2D eigenvalue weighted by molar-refractivity contribution is 5.91. The maximum atomic E-state index is 12.1. The van der Waals surface area contributed by atoms with Crippen LogP contribution in [0, 0.1) is 0 Å². The molecule has 0 aliphatic rings. The van der Waals surface area contributed by atoms with Crippen molar-refractivity contribution < 1.29 is 4.79 Å². The van der Waals surface area contributed by atoms with Gasteiger partial charge in [0.15, 0.2) is 5.82 Å². The minimum absolute atomic E-state index is 0.178. The lowest BCUT2D eigenvalue weighted by atomic mass is 10.1. The van der Waals surface area contributed by atoms with Crippen molar-refractivity contribution in [1.82, 2.24) is 29.9 Å². The summed E-state index contributed by atoms with van der Waals surface area (Å²) in [7, 11) is 1.50. The van der Waals surface area contributed by atoms with Crippen molar-refractivity contribution in [3.8, 4) is 0 Å². The van der Waals surface area contributed by atoms with Crippen LogP contribution in [0.1, 0.15) is 21.9 Å². The van der Waals surface area contributed by atoms with Gasteiger partial charge in [-0.1, -0.05) is 30.3 Å². The van der Waals surface area contributed by atoms with E-state index in [1.54, 1.807) is 6.33 Å². The molecular formula is C17H18N6O2. The first-order chi connectivity index (χ1) is 12.1. The molecule has 128 valence electrons. The van der Waals surface area contributed by atoms with Gasteiger partial charge in [0.2, 0.25) is 0 Å². The summed E-state index contributed by atoms with van der Waals surface area (Å²) in [5.74, 6) is 0.294. The van der Waals surface area contributed by atoms with Crippen LogP contribution in [0.15, 0.2) is 53.6 Å². The molecule has 0 saturated carbocycles. The number of carbonyl (C=O) groups is 1. The van der Waals surface area contributed by atoms with Gasteiger partial charge in [-0.2, -0.15) is 5.10 Å². The zero-order chi connectivity index (χ0) is 17.6. The summed E-state index contributed by atoms with van der Waals surface area (Å²) in [6, 6.07) is 12.8. The molecule has 0 bridgehead atoms. The highest BCUT2D eigenvalue weighted by Gasteiger charge is 2.11. The normalized spacial score (nSPS) is 10.6. The van der Waals surface area contributed by atoms with E-state index in [0.29, 0.717) is 5.82 Å². The Morgan fingerprint density at radius 1 is 1.16 bits per heavy atom. The molecule has 8 nitrogen and oxygen atoms in total. The van der Waals surface area contributed by atoms with E-state index in [-0.39, 0.29) is 23.7 Å². The van der Waals surface area contributed by atoms with Crippen LogP contribution in [0.4, 0.5) is 0 Å². The van der Waals surface area contributed by atoms with Crippen molar-refractivity contribution in [2.24, 2.45) is 7.05 Å². The van der Waals surface area contributed by atoms with Gasteiger partial charge < -0.3 is 9.88 Å². The third-order valence-corrected chi connectivity index (χ3v) is 3.78. The lowest BCUT2D eigenvalue weighted by Crippen LogP contribution is -2.29. The summed E-state index contributed by atoms with van der Waals surface area (Å²) in [6.07, 6.45) is 2.50. The molecule has 2 heterocycles. The number of amides is 1. The monoisotopic (exact) mass is 338 g/mol. The van der Waals surface area contributed by atoms with Gasteiger partial charge in [0, 0.05) is 19.7 Å². The van der Waals surface area contributed by atoms with Crippen LogP contribution in [0.25, 0.3) is 0 Å². The van der Waals surface area contributed by atoms with Crippen molar-refractivity contribution in [2.45, 2.75) is 19.5 Å². The quantitative estimate of drug-likeness (QED) is 0.708. The Hall–Kier alpha value is -3.29. The number of hydrogen-bond acceptors (Lipinski definition) is 5. The average molecular weight is 338 g/mol. The summed E-state index contributed by atoms with van der Waals surface area (Å²) in [4.78, 5) is 23.5. The van der Waals surface area contributed by atoms with E-state index in [9.17, 15) is 9.59 Å². The highest BCUT2D eigenvalue weighted by Crippen LogP contribution is 2.03. The van der Waals surface area contributed by atoms with Gasteiger partial charge in [0.05, 0.1) is 6.54 Å². The standard InChI is InChI=1S/C17H18N6O2/c1-22-16(24)8-7-14(21-22)17(25)18-11-15-20-19-12-23(15)10-9-13-5-3-2-4-6-13/h2-8,12H,9-11H2,1H3,(H,18,25). The molecule has 1 amide bonds. The van der Waals surface area contributed by atoms with Crippen molar-refractivity contribution in [1.29, 1.82) is 0 Å². The number of benzene rings is 1. The Bertz CT molecular complexity index is 916. The second-order valence-electron chi connectivity index (χ2n) is 5.54. The van der Waals surface area contributed by atoms with Crippen LogP contribution in [-0.4, -0.2) is 30.5 Å². The minimum atomic E-state index is -0.367. The predicted octanol–water partition coefficient (Wildman–Crippen LogP) is 0.544. The Morgan fingerprint density at radius 3 is 2.72 bits per heavy atom. The van der Waals surface area contributed by atoms with Crippen molar-refractivity contribution >= 4 is 5.91 Å². The molecule has 2 aromatic heterocycles. The molecule has 25 heavy (non-hydrogen) atoms. The summed E-state index contributed by atoms with van der Waals surface area (Å²) in [5, 5.41) is 14.6. The number of carbonyl (C=O) groups excluding carboxylic acids is 1. The van der Waals surface area contributed by atoms with E-state index >= 15 is 0 Å². The molecule has 0 spiro atoms. The number of aromatic nitrogens is 5. The molecule has 0 unspecified atom stereocenters. The summed E-state index contributed by atoms with van der Waals surface area (Å²) in [6.45, 7) is 0.957. The topological polar surface area (TPSA) is 94.7 Å². The van der Waals surface area contributed by atoms with Gasteiger partial charge >= 0.3 is 0 Å². The highest BCUT2D eigenvalue weighted by atomic mass is 16.2. The van der Waals surface area contributed by atoms with Crippen LogP contribution in [-0.2, 0) is 26.6 Å². The Morgan fingerprint density at radius 2 is 1.96 bits per heavy atom. The van der Waals surface area contributed by atoms with E-state index in [4.69, 9.17) is 0 Å². The largest absolute Gasteiger partial charge is 0.343 e. The molecular weight excluding hydrogens is 320 g/mol.